The molecule has 0 aromatic rings. The van der Waals surface area contributed by atoms with Gasteiger partial charge in [-0.2, -0.15) is 11.8 Å². The standard InChI is InChI=1S/C9H19NOS/c1-10-5-3-8(4-6-10)9(7-11)12-2/h8-9,11H,3-7H2,1-2H3. The van der Waals surface area contributed by atoms with Gasteiger partial charge in [0.05, 0.1) is 6.61 Å². The molecule has 0 saturated carbocycles. The third-order valence-corrected chi connectivity index (χ3v) is 3.91. The first kappa shape index (κ1) is 10.4. The Morgan fingerprint density at radius 3 is 2.50 bits per heavy atom. The molecule has 0 aromatic heterocycles. The maximum Gasteiger partial charge on any atom is 0.0552 e. The second kappa shape index (κ2) is 5.10. The fourth-order valence-electron chi connectivity index (χ4n) is 1.82. The highest BCUT2D eigenvalue weighted by atomic mass is 32.2. The summed E-state index contributed by atoms with van der Waals surface area (Å²) >= 11 is 1.81. The van der Waals surface area contributed by atoms with Gasteiger partial charge in [0.1, 0.15) is 0 Å². The average molecular weight is 189 g/mol. The number of nitrogens with zero attached hydrogens (tertiary/aromatic N) is 1. The molecule has 0 aliphatic carbocycles. The molecule has 1 rings (SSSR count). The molecule has 2 nitrogen and oxygen atoms in total. The van der Waals surface area contributed by atoms with Gasteiger partial charge in [-0.05, 0) is 45.2 Å². The quantitative estimate of drug-likeness (QED) is 0.718. The number of hydrogen-bond donors (Lipinski definition) is 1. The Morgan fingerprint density at radius 2 is 2.08 bits per heavy atom. The molecule has 1 aliphatic rings. The molecule has 0 spiro atoms. The summed E-state index contributed by atoms with van der Waals surface area (Å²) in [6, 6.07) is 0. The van der Waals surface area contributed by atoms with Gasteiger partial charge in [0.15, 0.2) is 0 Å². The molecular weight excluding hydrogens is 170 g/mol. The molecule has 1 unspecified atom stereocenters. The topological polar surface area (TPSA) is 23.5 Å². The summed E-state index contributed by atoms with van der Waals surface area (Å²) in [5.41, 5.74) is 0. The molecule has 72 valence electrons. The first-order valence-electron chi connectivity index (χ1n) is 4.60. The molecule has 0 radical (unpaired) electrons. The minimum atomic E-state index is 0.343. The van der Waals surface area contributed by atoms with Crippen LogP contribution >= 0.6 is 11.8 Å². The maximum absolute atomic E-state index is 9.11. The van der Waals surface area contributed by atoms with Crippen LogP contribution in [0.5, 0.6) is 0 Å². The van der Waals surface area contributed by atoms with E-state index in [1.165, 1.54) is 25.9 Å². The van der Waals surface area contributed by atoms with E-state index in [1.54, 1.807) is 0 Å². The van der Waals surface area contributed by atoms with Gasteiger partial charge in [-0.3, -0.25) is 0 Å². The summed E-state index contributed by atoms with van der Waals surface area (Å²) in [4.78, 5) is 2.37. The number of thioether (sulfide) groups is 1. The van der Waals surface area contributed by atoms with Crippen LogP contribution in [-0.2, 0) is 0 Å². The third-order valence-electron chi connectivity index (χ3n) is 2.77. The molecule has 1 aliphatic heterocycles. The van der Waals surface area contributed by atoms with Crippen molar-refractivity contribution in [3.63, 3.8) is 0 Å². The van der Waals surface area contributed by atoms with Gasteiger partial charge in [0.25, 0.3) is 0 Å². The third kappa shape index (κ3) is 2.64. The lowest BCUT2D eigenvalue weighted by molar-refractivity contribution is 0.187. The Labute approximate surface area is 79.3 Å². The van der Waals surface area contributed by atoms with Gasteiger partial charge in [0, 0.05) is 5.25 Å². The van der Waals surface area contributed by atoms with Crippen LogP contribution in [0.2, 0.25) is 0 Å². The van der Waals surface area contributed by atoms with Crippen molar-refractivity contribution in [2.24, 2.45) is 5.92 Å². The van der Waals surface area contributed by atoms with Crippen LogP contribution in [-0.4, -0.2) is 48.3 Å². The highest BCUT2D eigenvalue weighted by Gasteiger charge is 2.23. The summed E-state index contributed by atoms with van der Waals surface area (Å²) in [6.45, 7) is 2.74. The van der Waals surface area contributed by atoms with Crippen LogP contribution < -0.4 is 0 Å². The second-order valence-corrected chi connectivity index (χ2v) is 4.67. The first-order valence-corrected chi connectivity index (χ1v) is 5.89. The number of rotatable bonds is 3. The van der Waals surface area contributed by atoms with Crippen LogP contribution in [0.1, 0.15) is 12.8 Å². The number of aliphatic hydroxyl groups is 1. The molecule has 1 heterocycles. The molecule has 1 fully saturated rings. The van der Waals surface area contributed by atoms with Crippen LogP contribution in [0.15, 0.2) is 0 Å². The smallest absolute Gasteiger partial charge is 0.0552 e. The van der Waals surface area contributed by atoms with E-state index in [1.807, 2.05) is 11.8 Å². The number of hydrogen-bond acceptors (Lipinski definition) is 3. The van der Waals surface area contributed by atoms with E-state index in [0.29, 0.717) is 11.9 Å². The second-order valence-electron chi connectivity index (χ2n) is 3.60. The predicted molar refractivity (Wildman–Crippen MR) is 54.6 cm³/mol. The highest BCUT2D eigenvalue weighted by molar-refractivity contribution is 7.99. The number of piperidine rings is 1. The van der Waals surface area contributed by atoms with E-state index < -0.39 is 0 Å². The van der Waals surface area contributed by atoms with Gasteiger partial charge >= 0.3 is 0 Å². The van der Waals surface area contributed by atoms with Gasteiger partial charge in [-0.15, -0.1) is 0 Å². The summed E-state index contributed by atoms with van der Waals surface area (Å²) in [6.07, 6.45) is 4.60. The molecule has 1 saturated heterocycles. The summed E-state index contributed by atoms with van der Waals surface area (Å²) < 4.78 is 0. The SMILES string of the molecule is CSC(CO)C1CCN(C)CC1. The molecule has 1 atom stereocenters. The van der Waals surface area contributed by atoms with Gasteiger partial charge < -0.3 is 10.0 Å². The molecule has 0 amide bonds. The minimum Gasteiger partial charge on any atom is -0.395 e. The fraction of sp³-hybridized carbons (Fsp3) is 1.00. The Balaban J connectivity index is 2.32. The number of aliphatic hydroxyl groups excluding tert-OH is 1. The van der Waals surface area contributed by atoms with Gasteiger partial charge in [-0.1, -0.05) is 0 Å². The van der Waals surface area contributed by atoms with Crippen molar-refractivity contribution in [2.45, 2.75) is 18.1 Å². The average Bonchev–Trinajstić information content (AvgIpc) is 2.10. The molecule has 1 N–H and O–H groups in total. The lowest BCUT2D eigenvalue weighted by Gasteiger charge is -2.32. The fourth-order valence-corrected chi connectivity index (χ4v) is 2.62. The monoisotopic (exact) mass is 189 g/mol. The van der Waals surface area contributed by atoms with E-state index in [9.17, 15) is 0 Å². The minimum absolute atomic E-state index is 0.343. The van der Waals surface area contributed by atoms with Gasteiger partial charge in [-0.25, -0.2) is 0 Å². The number of likely N-dealkylation sites (tertiary alicyclic amines) is 1. The van der Waals surface area contributed by atoms with E-state index >= 15 is 0 Å². The van der Waals surface area contributed by atoms with Crippen molar-refractivity contribution < 1.29 is 5.11 Å². The summed E-state index contributed by atoms with van der Waals surface area (Å²) in [5, 5.41) is 9.58. The van der Waals surface area contributed by atoms with Crippen molar-refractivity contribution in [1.29, 1.82) is 0 Å². The lowest BCUT2D eigenvalue weighted by atomic mass is 9.94. The summed E-state index contributed by atoms with van der Waals surface area (Å²) in [7, 11) is 2.17. The van der Waals surface area contributed by atoms with E-state index in [-0.39, 0.29) is 0 Å². The predicted octanol–water partition coefficient (Wildman–Crippen LogP) is 1.05. The molecule has 12 heavy (non-hydrogen) atoms. The Kier molecular flexibility index (Phi) is 4.40. The Bertz CT molecular complexity index is 120. The van der Waals surface area contributed by atoms with Crippen LogP contribution in [0.25, 0.3) is 0 Å². The molecular formula is C9H19NOS. The Hall–Kier alpha value is 0.270. The zero-order valence-corrected chi connectivity index (χ0v) is 8.81. The maximum atomic E-state index is 9.11. The van der Waals surface area contributed by atoms with Crippen LogP contribution in [0.4, 0.5) is 0 Å². The largest absolute Gasteiger partial charge is 0.395 e. The highest BCUT2D eigenvalue weighted by Crippen LogP contribution is 2.26. The van der Waals surface area contributed by atoms with E-state index in [0.717, 1.165) is 5.92 Å². The zero-order chi connectivity index (χ0) is 8.97. The van der Waals surface area contributed by atoms with Crippen molar-refractivity contribution >= 4 is 11.8 Å². The normalized spacial score (nSPS) is 24.2. The van der Waals surface area contributed by atoms with Crippen LogP contribution in [0, 0.1) is 5.92 Å². The molecule has 0 bridgehead atoms. The van der Waals surface area contributed by atoms with Crippen molar-refractivity contribution in [1.82, 2.24) is 4.90 Å². The van der Waals surface area contributed by atoms with Crippen LogP contribution in [0.3, 0.4) is 0 Å². The van der Waals surface area contributed by atoms with E-state index in [2.05, 4.69) is 18.2 Å². The molecule has 0 aromatic carbocycles. The molecule has 3 heteroatoms. The van der Waals surface area contributed by atoms with E-state index in [4.69, 9.17) is 5.11 Å². The van der Waals surface area contributed by atoms with Crippen molar-refractivity contribution in [3.8, 4) is 0 Å². The summed E-state index contributed by atoms with van der Waals surface area (Å²) in [5.74, 6) is 0.737. The van der Waals surface area contributed by atoms with Crippen molar-refractivity contribution in [3.05, 3.63) is 0 Å². The Morgan fingerprint density at radius 1 is 1.50 bits per heavy atom. The first-order chi connectivity index (χ1) is 5.77. The lowest BCUT2D eigenvalue weighted by Crippen LogP contribution is -2.35. The zero-order valence-electron chi connectivity index (χ0n) is 7.99. The van der Waals surface area contributed by atoms with Gasteiger partial charge in [0.2, 0.25) is 0 Å². The van der Waals surface area contributed by atoms with Crippen molar-refractivity contribution in [2.75, 3.05) is 33.0 Å².